The van der Waals surface area contributed by atoms with Crippen LogP contribution in [0, 0.1) is 0 Å². The van der Waals surface area contributed by atoms with Crippen molar-refractivity contribution in [2.24, 2.45) is 0 Å². The minimum absolute atomic E-state index is 0.153. The van der Waals surface area contributed by atoms with E-state index in [4.69, 9.17) is 16.3 Å². The normalized spacial score (nSPS) is 23.5. The van der Waals surface area contributed by atoms with Gasteiger partial charge >= 0.3 is 0 Å². The highest BCUT2D eigenvalue weighted by molar-refractivity contribution is 7.91. The molecule has 2 rings (SSSR count). The lowest BCUT2D eigenvalue weighted by atomic mass is 10.3. The maximum atomic E-state index is 12.2. The molecule has 16 heavy (non-hydrogen) atoms. The fourth-order valence-electron chi connectivity index (χ4n) is 1.54. The summed E-state index contributed by atoms with van der Waals surface area (Å²) in [5, 5.41) is 0. The summed E-state index contributed by atoms with van der Waals surface area (Å²) in [6.07, 6.45) is 1.30. The monoisotopic (exact) mass is 282 g/mol. The SMILES string of the molecule is CC1COCCN1S(=O)(=O)c1cnc(Cl)s1. The van der Waals surface area contributed by atoms with Gasteiger partial charge in [0.2, 0.25) is 0 Å². The molecule has 0 spiro atoms. The average Bonchev–Trinajstić information content (AvgIpc) is 2.66. The molecule has 1 fully saturated rings. The number of aromatic nitrogens is 1. The molecule has 0 radical (unpaired) electrons. The van der Waals surface area contributed by atoms with Crippen LogP contribution in [0.1, 0.15) is 6.92 Å². The van der Waals surface area contributed by atoms with Crippen LogP contribution in [0.3, 0.4) is 0 Å². The van der Waals surface area contributed by atoms with Gasteiger partial charge in [0.1, 0.15) is 0 Å². The van der Waals surface area contributed by atoms with Gasteiger partial charge < -0.3 is 4.74 Å². The van der Waals surface area contributed by atoms with Gasteiger partial charge in [-0.3, -0.25) is 0 Å². The molecule has 1 aliphatic rings. The van der Waals surface area contributed by atoms with Crippen molar-refractivity contribution in [3.8, 4) is 0 Å². The summed E-state index contributed by atoms with van der Waals surface area (Å²) in [6, 6.07) is -0.153. The number of ether oxygens (including phenoxy) is 1. The molecule has 1 aliphatic heterocycles. The Morgan fingerprint density at radius 1 is 1.69 bits per heavy atom. The molecular weight excluding hydrogens is 272 g/mol. The number of hydrogen-bond donors (Lipinski definition) is 0. The lowest BCUT2D eigenvalue weighted by Crippen LogP contribution is -2.46. The molecule has 0 bridgehead atoms. The fourth-order valence-corrected chi connectivity index (χ4v) is 4.57. The highest BCUT2D eigenvalue weighted by Gasteiger charge is 2.32. The first-order valence-electron chi connectivity index (χ1n) is 4.73. The fraction of sp³-hybridized carbons (Fsp3) is 0.625. The van der Waals surface area contributed by atoms with E-state index >= 15 is 0 Å². The maximum Gasteiger partial charge on any atom is 0.254 e. The van der Waals surface area contributed by atoms with Crippen LogP contribution in [0.2, 0.25) is 4.47 Å². The van der Waals surface area contributed by atoms with E-state index in [1.807, 2.05) is 6.92 Å². The van der Waals surface area contributed by atoms with E-state index in [-0.39, 0.29) is 14.7 Å². The predicted octanol–water partition coefficient (Wildman–Crippen LogP) is 1.21. The zero-order valence-electron chi connectivity index (χ0n) is 8.59. The van der Waals surface area contributed by atoms with Gasteiger partial charge in [-0.2, -0.15) is 4.31 Å². The molecule has 1 atom stereocenters. The number of thiazole rings is 1. The Hall–Kier alpha value is -0.210. The zero-order chi connectivity index (χ0) is 11.8. The molecule has 0 N–H and O–H groups in total. The second-order valence-electron chi connectivity index (χ2n) is 3.47. The van der Waals surface area contributed by atoms with Crippen molar-refractivity contribution < 1.29 is 13.2 Å². The third kappa shape index (κ3) is 2.23. The summed E-state index contributed by atoms with van der Waals surface area (Å²) in [4.78, 5) is 3.75. The van der Waals surface area contributed by atoms with Crippen LogP contribution in [0.5, 0.6) is 0 Å². The molecule has 1 aromatic rings. The largest absolute Gasteiger partial charge is 0.378 e. The molecule has 0 saturated carbocycles. The highest BCUT2D eigenvalue weighted by atomic mass is 35.5. The van der Waals surface area contributed by atoms with Crippen molar-refractivity contribution in [1.82, 2.24) is 9.29 Å². The van der Waals surface area contributed by atoms with Gasteiger partial charge in [0, 0.05) is 12.6 Å². The summed E-state index contributed by atoms with van der Waals surface area (Å²) in [5.74, 6) is 0. The third-order valence-corrected chi connectivity index (χ3v) is 5.89. The summed E-state index contributed by atoms with van der Waals surface area (Å²) in [6.45, 7) is 3.04. The standard InChI is InChI=1S/C8H11ClN2O3S2/c1-6-5-14-3-2-11(6)16(12,13)7-4-10-8(9)15-7/h4,6H,2-3,5H2,1H3. The van der Waals surface area contributed by atoms with Crippen molar-refractivity contribution in [1.29, 1.82) is 0 Å². The van der Waals surface area contributed by atoms with Gasteiger partial charge in [-0.15, -0.1) is 0 Å². The topological polar surface area (TPSA) is 59.5 Å². The van der Waals surface area contributed by atoms with Gasteiger partial charge in [0.15, 0.2) is 8.68 Å². The summed E-state index contributed by atoms with van der Waals surface area (Å²) >= 11 is 6.62. The molecule has 1 aromatic heterocycles. The zero-order valence-corrected chi connectivity index (χ0v) is 11.0. The second-order valence-corrected chi connectivity index (χ2v) is 7.20. The van der Waals surface area contributed by atoms with E-state index in [0.29, 0.717) is 19.8 Å². The third-order valence-electron chi connectivity index (χ3n) is 2.33. The summed E-state index contributed by atoms with van der Waals surface area (Å²) in [7, 11) is -3.47. The first-order valence-corrected chi connectivity index (χ1v) is 7.36. The van der Waals surface area contributed by atoms with Gasteiger partial charge in [-0.25, -0.2) is 13.4 Å². The number of halogens is 1. The number of sulfonamides is 1. The highest BCUT2D eigenvalue weighted by Crippen LogP contribution is 2.27. The molecule has 0 amide bonds. The molecule has 0 aromatic carbocycles. The van der Waals surface area contributed by atoms with Crippen LogP contribution in [0.25, 0.3) is 0 Å². The van der Waals surface area contributed by atoms with E-state index in [1.54, 1.807) is 0 Å². The molecule has 8 heteroatoms. The maximum absolute atomic E-state index is 12.2. The summed E-state index contributed by atoms with van der Waals surface area (Å²) in [5.41, 5.74) is 0. The van der Waals surface area contributed by atoms with Crippen LogP contribution < -0.4 is 0 Å². The Bertz CT molecular complexity index is 473. The van der Waals surface area contributed by atoms with Crippen LogP contribution in [-0.2, 0) is 14.8 Å². The number of morpholine rings is 1. The lowest BCUT2D eigenvalue weighted by Gasteiger charge is -2.31. The van der Waals surface area contributed by atoms with Crippen LogP contribution in [0.4, 0.5) is 0 Å². The molecule has 5 nitrogen and oxygen atoms in total. The first-order chi connectivity index (χ1) is 7.51. The van der Waals surface area contributed by atoms with E-state index in [2.05, 4.69) is 4.98 Å². The Balaban J connectivity index is 2.31. The van der Waals surface area contributed by atoms with Crippen molar-refractivity contribution >= 4 is 33.0 Å². The summed E-state index contributed by atoms with van der Waals surface area (Å²) < 4.78 is 31.4. The van der Waals surface area contributed by atoms with Gasteiger partial charge in [-0.05, 0) is 6.92 Å². The molecule has 0 aliphatic carbocycles. The molecule has 1 unspecified atom stereocenters. The van der Waals surface area contributed by atoms with Crippen molar-refractivity contribution in [2.45, 2.75) is 17.2 Å². The van der Waals surface area contributed by atoms with E-state index < -0.39 is 10.0 Å². The Labute approximate surface area is 103 Å². The van der Waals surface area contributed by atoms with Crippen LogP contribution >= 0.6 is 22.9 Å². The van der Waals surface area contributed by atoms with Gasteiger partial charge in [0.25, 0.3) is 10.0 Å². The Morgan fingerprint density at radius 2 is 2.44 bits per heavy atom. The minimum Gasteiger partial charge on any atom is -0.378 e. The number of hydrogen-bond acceptors (Lipinski definition) is 5. The molecule has 1 saturated heterocycles. The number of nitrogens with zero attached hydrogens (tertiary/aromatic N) is 2. The predicted molar refractivity (Wildman–Crippen MR) is 61.3 cm³/mol. The molecule has 2 heterocycles. The molecule has 90 valence electrons. The second kappa shape index (κ2) is 4.58. The molecular formula is C8H11ClN2O3S2. The van der Waals surface area contributed by atoms with E-state index in [0.717, 1.165) is 11.3 Å². The van der Waals surface area contributed by atoms with Crippen molar-refractivity contribution in [2.75, 3.05) is 19.8 Å². The van der Waals surface area contributed by atoms with Gasteiger partial charge in [-0.1, -0.05) is 22.9 Å². The van der Waals surface area contributed by atoms with Crippen molar-refractivity contribution in [3.63, 3.8) is 0 Å². The van der Waals surface area contributed by atoms with Crippen LogP contribution in [0.15, 0.2) is 10.4 Å². The van der Waals surface area contributed by atoms with E-state index in [1.165, 1.54) is 10.5 Å². The average molecular weight is 283 g/mol. The lowest BCUT2D eigenvalue weighted by molar-refractivity contribution is 0.0393. The van der Waals surface area contributed by atoms with Crippen LogP contribution in [-0.4, -0.2) is 43.5 Å². The minimum atomic E-state index is -3.47. The smallest absolute Gasteiger partial charge is 0.254 e. The number of rotatable bonds is 2. The first kappa shape index (κ1) is 12.3. The van der Waals surface area contributed by atoms with Gasteiger partial charge in [0.05, 0.1) is 19.4 Å². The quantitative estimate of drug-likeness (QED) is 0.818. The van der Waals surface area contributed by atoms with Crippen molar-refractivity contribution in [3.05, 3.63) is 10.7 Å². The Kier molecular flexibility index (Phi) is 3.50. The Morgan fingerprint density at radius 3 is 3.00 bits per heavy atom. The van der Waals surface area contributed by atoms with E-state index in [9.17, 15) is 8.42 Å².